The zero-order chi connectivity index (χ0) is 17.3. The van der Waals surface area contributed by atoms with Gasteiger partial charge in [0, 0.05) is 32.0 Å². The topological polar surface area (TPSA) is 85.3 Å². The molecule has 0 spiro atoms. The number of ether oxygens (including phenoxy) is 3. The average Bonchev–Trinajstić information content (AvgIpc) is 2.46. The largest absolute Gasteiger partial charge is 0.444 e. The second-order valence-corrected chi connectivity index (χ2v) is 6.58. The van der Waals surface area contributed by atoms with Crippen molar-refractivity contribution in [3.63, 3.8) is 0 Å². The Morgan fingerprint density at radius 1 is 1.22 bits per heavy atom. The van der Waals surface area contributed by atoms with E-state index >= 15 is 0 Å². The van der Waals surface area contributed by atoms with E-state index in [1.165, 1.54) is 0 Å². The smallest absolute Gasteiger partial charge is 0.410 e. The van der Waals surface area contributed by atoms with Crippen molar-refractivity contribution in [3.05, 3.63) is 0 Å². The molecule has 1 heterocycles. The molecule has 0 aromatic carbocycles. The molecule has 0 aromatic heterocycles. The van der Waals surface area contributed by atoms with Gasteiger partial charge in [0.1, 0.15) is 11.4 Å². The highest BCUT2D eigenvalue weighted by Gasteiger charge is 2.31. The van der Waals surface area contributed by atoms with Crippen molar-refractivity contribution in [2.24, 2.45) is 5.92 Å². The number of nitrogens with zero attached hydrogens (tertiary/aromatic N) is 1. The van der Waals surface area contributed by atoms with E-state index in [9.17, 15) is 9.59 Å². The van der Waals surface area contributed by atoms with Gasteiger partial charge in [0.05, 0.1) is 26.4 Å². The van der Waals surface area contributed by atoms with Gasteiger partial charge in [-0.1, -0.05) is 0 Å². The van der Waals surface area contributed by atoms with Crippen LogP contribution in [0.25, 0.3) is 0 Å². The fraction of sp³-hybridized carbons (Fsp3) is 0.875. The number of carbonyl (C=O) groups is 2. The molecule has 1 rings (SSSR count). The van der Waals surface area contributed by atoms with Gasteiger partial charge in [-0.3, -0.25) is 4.79 Å². The van der Waals surface area contributed by atoms with Gasteiger partial charge in [0.2, 0.25) is 0 Å². The van der Waals surface area contributed by atoms with Crippen LogP contribution in [0.4, 0.5) is 4.79 Å². The van der Waals surface area contributed by atoms with Crippen LogP contribution in [-0.4, -0.2) is 73.6 Å². The second kappa shape index (κ2) is 9.85. The fourth-order valence-corrected chi connectivity index (χ4v) is 2.27. The van der Waals surface area contributed by atoms with E-state index in [-0.39, 0.29) is 24.4 Å². The Hall–Kier alpha value is -1.18. The van der Waals surface area contributed by atoms with Crippen molar-refractivity contribution in [3.8, 4) is 0 Å². The zero-order valence-corrected chi connectivity index (χ0v) is 14.4. The van der Waals surface area contributed by atoms with E-state index in [0.29, 0.717) is 52.4 Å². The first-order valence-corrected chi connectivity index (χ1v) is 8.10. The Balaban J connectivity index is 2.29. The molecule has 7 nitrogen and oxygen atoms in total. The van der Waals surface area contributed by atoms with E-state index in [1.807, 2.05) is 20.8 Å². The summed E-state index contributed by atoms with van der Waals surface area (Å²) in [5.41, 5.74) is -0.536. The predicted molar refractivity (Wildman–Crippen MR) is 84.3 cm³/mol. The zero-order valence-electron chi connectivity index (χ0n) is 14.4. The number of carbonyl (C=O) groups excluding carboxylic acids is 2. The third-order valence-corrected chi connectivity index (χ3v) is 3.39. The van der Waals surface area contributed by atoms with E-state index in [1.54, 1.807) is 4.90 Å². The summed E-state index contributed by atoms with van der Waals surface area (Å²) < 4.78 is 15.8. The number of likely N-dealkylation sites (tertiary alicyclic amines) is 1. The number of hydrogen-bond acceptors (Lipinski definition) is 6. The lowest BCUT2D eigenvalue weighted by Gasteiger charge is -2.33. The van der Waals surface area contributed by atoms with Crippen LogP contribution >= 0.6 is 0 Å². The lowest BCUT2D eigenvalue weighted by atomic mass is 9.94. The molecule has 1 unspecified atom stereocenters. The quantitative estimate of drug-likeness (QED) is 0.673. The minimum absolute atomic E-state index is 0.00290. The summed E-state index contributed by atoms with van der Waals surface area (Å²) in [6.45, 7) is 7.87. The van der Waals surface area contributed by atoms with Gasteiger partial charge in [0.25, 0.3) is 0 Å². The number of ketones is 1. The standard InChI is InChI=1S/C16H29NO6/c1-16(2,3)23-15(20)17-6-4-14(19)13(12-17)5-8-21-10-11-22-9-7-18/h13,18H,4-12H2,1-3H3. The Kier molecular flexibility index (Phi) is 8.51. The van der Waals surface area contributed by atoms with E-state index in [2.05, 4.69) is 0 Å². The second-order valence-electron chi connectivity index (χ2n) is 6.58. The molecular weight excluding hydrogens is 302 g/mol. The van der Waals surface area contributed by atoms with Gasteiger partial charge in [0.15, 0.2) is 0 Å². The first-order chi connectivity index (χ1) is 10.8. The summed E-state index contributed by atoms with van der Waals surface area (Å²) in [5, 5.41) is 8.56. The summed E-state index contributed by atoms with van der Waals surface area (Å²) >= 11 is 0. The minimum atomic E-state index is -0.536. The summed E-state index contributed by atoms with van der Waals surface area (Å²) in [5.74, 6) is -0.0282. The lowest BCUT2D eigenvalue weighted by Crippen LogP contribution is -2.46. The van der Waals surface area contributed by atoms with E-state index in [0.717, 1.165) is 0 Å². The highest BCUT2D eigenvalue weighted by Crippen LogP contribution is 2.19. The van der Waals surface area contributed by atoms with Crippen molar-refractivity contribution in [2.75, 3.05) is 46.1 Å². The van der Waals surface area contributed by atoms with Crippen LogP contribution in [0.1, 0.15) is 33.6 Å². The van der Waals surface area contributed by atoms with E-state index in [4.69, 9.17) is 19.3 Å². The Labute approximate surface area is 137 Å². The van der Waals surface area contributed by atoms with Crippen molar-refractivity contribution >= 4 is 11.9 Å². The molecule has 1 aliphatic heterocycles. The van der Waals surface area contributed by atoms with Crippen LogP contribution in [0.3, 0.4) is 0 Å². The van der Waals surface area contributed by atoms with Gasteiger partial charge in [-0.25, -0.2) is 4.79 Å². The number of Topliss-reactive ketones (excluding diaryl/α,β-unsaturated/α-hetero) is 1. The van der Waals surface area contributed by atoms with Gasteiger partial charge >= 0.3 is 6.09 Å². The molecule has 0 bridgehead atoms. The monoisotopic (exact) mass is 331 g/mol. The maximum absolute atomic E-state index is 12.1. The van der Waals surface area contributed by atoms with Crippen LogP contribution in [0.5, 0.6) is 0 Å². The predicted octanol–water partition coefficient (Wildman–Crippen LogP) is 1.23. The summed E-state index contributed by atoms with van der Waals surface area (Å²) in [4.78, 5) is 25.6. The third kappa shape index (κ3) is 8.29. The van der Waals surface area contributed by atoms with Gasteiger partial charge in [-0.2, -0.15) is 0 Å². The molecule has 134 valence electrons. The number of amides is 1. The van der Waals surface area contributed by atoms with Gasteiger partial charge in [-0.15, -0.1) is 0 Å². The van der Waals surface area contributed by atoms with Crippen LogP contribution in [0.15, 0.2) is 0 Å². The Bertz CT molecular complexity index is 379. The normalized spacial score (nSPS) is 19.0. The summed E-state index contributed by atoms with van der Waals surface area (Å²) in [6, 6.07) is 0. The lowest BCUT2D eigenvalue weighted by molar-refractivity contribution is -0.126. The minimum Gasteiger partial charge on any atom is -0.444 e. The van der Waals surface area contributed by atoms with Crippen molar-refractivity contribution in [2.45, 2.75) is 39.2 Å². The maximum atomic E-state index is 12.1. The van der Waals surface area contributed by atoms with Crippen LogP contribution in [-0.2, 0) is 19.0 Å². The van der Waals surface area contributed by atoms with Crippen LogP contribution < -0.4 is 0 Å². The first kappa shape index (κ1) is 19.9. The summed E-state index contributed by atoms with van der Waals surface area (Å²) in [7, 11) is 0. The number of rotatable bonds is 8. The third-order valence-electron chi connectivity index (χ3n) is 3.39. The van der Waals surface area contributed by atoms with Crippen molar-refractivity contribution in [1.82, 2.24) is 4.90 Å². The average molecular weight is 331 g/mol. The molecule has 1 fully saturated rings. The molecule has 0 saturated carbocycles. The van der Waals surface area contributed by atoms with Gasteiger partial charge < -0.3 is 24.2 Å². The molecule has 1 saturated heterocycles. The number of aliphatic hydroxyl groups is 1. The number of aliphatic hydroxyl groups excluding tert-OH is 1. The Morgan fingerprint density at radius 3 is 2.48 bits per heavy atom. The molecule has 0 radical (unpaired) electrons. The molecule has 1 amide bonds. The summed E-state index contributed by atoms with van der Waals surface area (Å²) in [6.07, 6.45) is 0.579. The fourth-order valence-electron chi connectivity index (χ4n) is 2.27. The molecule has 0 aromatic rings. The van der Waals surface area contributed by atoms with Crippen molar-refractivity contribution < 1.29 is 28.9 Å². The highest BCUT2D eigenvalue weighted by atomic mass is 16.6. The molecular formula is C16H29NO6. The number of hydrogen-bond donors (Lipinski definition) is 1. The van der Waals surface area contributed by atoms with Crippen LogP contribution in [0.2, 0.25) is 0 Å². The molecule has 0 aliphatic carbocycles. The SMILES string of the molecule is CC(C)(C)OC(=O)N1CCC(=O)C(CCOCCOCCO)C1. The Morgan fingerprint density at radius 2 is 1.87 bits per heavy atom. The maximum Gasteiger partial charge on any atom is 0.410 e. The van der Waals surface area contributed by atoms with E-state index < -0.39 is 5.60 Å². The first-order valence-electron chi connectivity index (χ1n) is 8.10. The highest BCUT2D eigenvalue weighted by molar-refractivity contribution is 5.84. The molecule has 1 aliphatic rings. The molecule has 1 N–H and O–H groups in total. The molecule has 1 atom stereocenters. The van der Waals surface area contributed by atoms with Gasteiger partial charge in [-0.05, 0) is 27.2 Å². The van der Waals surface area contributed by atoms with Crippen LogP contribution in [0, 0.1) is 5.92 Å². The molecule has 23 heavy (non-hydrogen) atoms. The molecule has 7 heteroatoms. The number of piperidine rings is 1. The van der Waals surface area contributed by atoms with Crippen molar-refractivity contribution in [1.29, 1.82) is 0 Å².